The van der Waals surface area contributed by atoms with Crippen LogP contribution in [-0.4, -0.2) is 6.61 Å². The Kier molecular flexibility index (Phi) is 7.23. The first-order chi connectivity index (χ1) is 14.1. The molecule has 0 aliphatic carbocycles. The Balaban J connectivity index is 1.84. The van der Waals surface area contributed by atoms with Crippen molar-refractivity contribution in [3.63, 3.8) is 0 Å². The van der Waals surface area contributed by atoms with Gasteiger partial charge in [0.1, 0.15) is 22.7 Å². The minimum absolute atomic E-state index is 0.00390. The number of unbranched alkanes of at least 4 members (excludes halogenated alkanes) is 3. The molecule has 1 aromatic heterocycles. The van der Waals surface area contributed by atoms with Gasteiger partial charge in [-0.3, -0.25) is 0 Å². The van der Waals surface area contributed by atoms with E-state index in [4.69, 9.17) is 9.15 Å². The Labute approximate surface area is 170 Å². The predicted molar refractivity (Wildman–Crippen MR) is 116 cm³/mol. The van der Waals surface area contributed by atoms with Crippen molar-refractivity contribution in [2.24, 2.45) is 0 Å². The van der Waals surface area contributed by atoms with Gasteiger partial charge in [-0.2, -0.15) is 0 Å². The third kappa shape index (κ3) is 5.14. The lowest BCUT2D eigenvalue weighted by molar-refractivity contribution is 0.317. The highest BCUT2D eigenvalue weighted by Crippen LogP contribution is 2.29. The lowest BCUT2D eigenvalue weighted by Gasteiger charge is -2.09. The molecule has 0 radical (unpaired) electrons. The smallest absolute Gasteiger partial charge is 0.346 e. The van der Waals surface area contributed by atoms with Crippen LogP contribution in [0.25, 0.3) is 21.9 Å². The first-order valence-corrected chi connectivity index (χ1v) is 10.2. The van der Waals surface area contributed by atoms with Crippen LogP contribution in [0.2, 0.25) is 0 Å². The van der Waals surface area contributed by atoms with Crippen LogP contribution in [0.5, 0.6) is 5.75 Å². The number of rotatable bonds is 10. The summed E-state index contributed by atoms with van der Waals surface area (Å²) in [5, 5.41) is 0.579. The summed E-state index contributed by atoms with van der Waals surface area (Å²) < 4.78 is 26.1. The van der Waals surface area contributed by atoms with Gasteiger partial charge in [0.15, 0.2) is 0 Å². The highest BCUT2D eigenvalue weighted by atomic mass is 19.1. The van der Waals surface area contributed by atoms with E-state index >= 15 is 4.39 Å². The van der Waals surface area contributed by atoms with Crippen molar-refractivity contribution in [1.29, 1.82) is 0 Å². The molecule has 0 spiro atoms. The van der Waals surface area contributed by atoms with E-state index in [2.05, 4.69) is 6.58 Å². The Bertz CT molecular complexity index is 1020. The maximum Gasteiger partial charge on any atom is 0.346 e. The van der Waals surface area contributed by atoms with E-state index in [1.54, 1.807) is 30.3 Å². The van der Waals surface area contributed by atoms with Crippen LogP contribution in [0.1, 0.15) is 44.8 Å². The summed E-state index contributed by atoms with van der Waals surface area (Å²) in [7, 11) is 0. The summed E-state index contributed by atoms with van der Waals surface area (Å²) in [5.74, 6) is 0.802. The molecule has 1 heterocycles. The monoisotopic (exact) mass is 394 g/mol. The van der Waals surface area contributed by atoms with Crippen LogP contribution >= 0.6 is 0 Å². The number of hydrogen-bond donors (Lipinski definition) is 0. The average molecular weight is 394 g/mol. The lowest BCUT2D eigenvalue weighted by atomic mass is 10.0. The number of hydrogen-bond acceptors (Lipinski definition) is 3. The summed E-state index contributed by atoms with van der Waals surface area (Å²) in [6.45, 7) is 6.39. The molecule has 0 saturated heterocycles. The van der Waals surface area contributed by atoms with Crippen molar-refractivity contribution in [1.82, 2.24) is 0 Å². The van der Waals surface area contributed by atoms with Gasteiger partial charge >= 0.3 is 5.63 Å². The molecule has 152 valence electrons. The Morgan fingerprint density at radius 2 is 1.90 bits per heavy atom. The van der Waals surface area contributed by atoms with E-state index in [1.165, 1.54) is 0 Å². The molecule has 29 heavy (non-hydrogen) atoms. The molecule has 0 unspecified atom stereocenters. The fourth-order valence-electron chi connectivity index (χ4n) is 3.35. The molecule has 3 aromatic rings. The number of ether oxygens (including phenoxy) is 1. The zero-order valence-electron chi connectivity index (χ0n) is 16.9. The minimum Gasteiger partial charge on any atom is -0.494 e. The van der Waals surface area contributed by atoms with Gasteiger partial charge in [-0.05, 0) is 54.8 Å². The molecule has 0 saturated carbocycles. The third-order valence-corrected chi connectivity index (χ3v) is 4.89. The third-order valence-electron chi connectivity index (χ3n) is 4.89. The maximum atomic E-state index is 15.1. The van der Waals surface area contributed by atoms with Crippen LogP contribution in [-0.2, 0) is 6.42 Å². The number of allylic oxidation sites excluding steroid dienone is 1. The summed E-state index contributed by atoms with van der Waals surface area (Å²) in [6.07, 6.45) is 7.53. The molecule has 0 N–H and O–H groups in total. The molecule has 2 aromatic carbocycles. The van der Waals surface area contributed by atoms with Gasteiger partial charge in [0, 0.05) is 12.0 Å². The second-order valence-corrected chi connectivity index (χ2v) is 7.15. The molecule has 3 nitrogen and oxygen atoms in total. The van der Waals surface area contributed by atoms with E-state index < -0.39 is 11.4 Å². The van der Waals surface area contributed by atoms with Crippen LogP contribution < -0.4 is 10.4 Å². The van der Waals surface area contributed by atoms with Gasteiger partial charge in [-0.1, -0.05) is 43.7 Å². The molecule has 0 amide bonds. The van der Waals surface area contributed by atoms with Crippen molar-refractivity contribution in [2.45, 2.75) is 45.4 Å². The first-order valence-electron chi connectivity index (χ1n) is 10.2. The Morgan fingerprint density at radius 3 is 2.62 bits per heavy atom. The van der Waals surface area contributed by atoms with Gasteiger partial charge in [-0.15, -0.1) is 6.58 Å². The van der Waals surface area contributed by atoms with Crippen LogP contribution in [0, 0.1) is 5.82 Å². The fraction of sp³-hybridized carbons (Fsp3) is 0.320. The Hall–Kier alpha value is -2.88. The molecule has 0 fully saturated rings. The molecule has 0 aliphatic rings. The van der Waals surface area contributed by atoms with Gasteiger partial charge in [-0.25, -0.2) is 9.18 Å². The standard InChI is InChI=1S/C25H27FO3/c1-3-5-6-7-8-9-21-17-19-12-15-22(24(26)23(19)25(27)29-21)18-10-13-20(14-11-18)28-16-4-2/h3,10-15,17H,1,4-9,16H2,2H3. The fourth-order valence-corrected chi connectivity index (χ4v) is 3.35. The SMILES string of the molecule is C=CCCCCCc1cc2ccc(-c3ccc(OCCC)cc3)c(F)c2c(=O)o1. The van der Waals surface area contributed by atoms with Gasteiger partial charge in [0.2, 0.25) is 0 Å². The highest BCUT2D eigenvalue weighted by Gasteiger charge is 2.15. The summed E-state index contributed by atoms with van der Waals surface area (Å²) >= 11 is 0. The van der Waals surface area contributed by atoms with E-state index in [1.807, 2.05) is 25.1 Å². The van der Waals surface area contributed by atoms with E-state index in [0.29, 0.717) is 35.3 Å². The molecule has 0 bridgehead atoms. The number of aryl methyl sites for hydroxylation is 1. The Morgan fingerprint density at radius 1 is 1.10 bits per heavy atom. The van der Waals surface area contributed by atoms with Gasteiger partial charge in [0.25, 0.3) is 0 Å². The second-order valence-electron chi connectivity index (χ2n) is 7.15. The number of benzene rings is 2. The van der Waals surface area contributed by atoms with Crippen LogP contribution in [0.3, 0.4) is 0 Å². The molecule has 0 atom stereocenters. The largest absolute Gasteiger partial charge is 0.494 e. The van der Waals surface area contributed by atoms with Crippen molar-refractivity contribution in [3.8, 4) is 16.9 Å². The average Bonchev–Trinajstić information content (AvgIpc) is 2.72. The summed E-state index contributed by atoms with van der Waals surface area (Å²) in [5.41, 5.74) is 0.453. The van der Waals surface area contributed by atoms with E-state index in [0.717, 1.165) is 37.9 Å². The summed E-state index contributed by atoms with van der Waals surface area (Å²) in [4.78, 5) is 12.5. The van der Waals surface area contributed by atoms with Gasteiger partial charge in [0.05, 0.1) is 6.61 Å². The minimum atomic E-state index is -0.620. The van der Waals surface area contributed by atoms with E-state index in [9.17, 15) is 4.79 Å². The quantitative estimate of drug-likeness (QED) is 0.284. The first kappa shape index (κ1) is 20.8. The second kappa shape index (κ2) is 10.1. The molecular weight excluding hydrogens is 367 g/mol. The van der Waals surface area contributed by atoms with Crippen molar-refractivity contribution < 1.29 is 13.5 Å². The lowest BCUT2D eigenvalue weighted by Crippen LogP contribution is -2.05. The number of halogens is 1. The topological polar surface area (TPSA) is 39.4 Å². The molecule has 4 heteroatoms. The van der Waals surface area contributed by atoms with Crippen LogP contribution in [0.4, 0.5) is 4.39 Å². The van der Waals surface area contributed by atoms with Crippen LogP contribution in [0.15, 0.2) is 64.3 Å². The summed E-state index contributed by atoms with van der Waals surface area (Å²) in [6, 6.07) is 12.5. The zero-order chi connectivity index (χ0) is 20.6. The highest BCUT2D eigenvalue weighted by molar-refractivity contribution is 5.87. The van der Waals surface area contributed by atoms with Crippen molar-refractivity contribution >= 4 is 10.8 Å². The van der Waals surface area contributed by atoms with Crippen molar-refractivity contribution in [2.75, 3.05) is 6.61 Å². The molecular formula is C25H27FO3. The molecule has 3 rings (SSSR count). The molecule has 0 aliphatic heterocycles. The van der Waals surface area contributed by atoms with E-state index in [-0.39, 0.29) is 5.39 Å². The number of fused-ring (bicyclic) bond motifs is 1. The normalized spacial score (nSPS) is 11.0. The maximum absolute atomic E-state index is 15.1. The van der Waals surface area contributed by atoms with Gasteiger partial charge < -0.3 is 9.15 Å². The predicted octanol–water partition coefficient (Wildman–Crippen LogP) is 6.68. The van der Waals surface area contributed by atoms with Crippen molar-refractivity contribution in [3.05, 3.63) is 77.1 Å². The zero-order valence-corrected chi connectivity index (χ0v) is 16.9.